The summed E-state index contributed by atoms with van der Waals surface area (Å²) in [5.41, 5.74) is 2.60. The number of hydrogen-bond acceptors (Lipinski definition) is 2. The van der Waals surface area contributed by atoms with Crippen LogP contribution in [0.15, 0.2) is 12.3 Å². The number of aromatic nitrogens is 2. The SMILES string of the molecule is CN1CC(n2cc3c(n2)CCC=C3)C1. The molecule has 1 fully saturated rings. The largest absolute Gasteiger partial charge is 0.302 e. The van der Waals surface area contributed by atoms with Crippen molar-refractivity contribution in [2.24, 2.45) is 0 Å². The van der Waals surface area contributed by atoms with Crippen molar-refractivity contribution < 1.29 is 0 Å². The van der Waals surface area contributed by atoms with Crippen molar-refractivity contribution in [3.63, 3.8) is 0 Å². The molecule has 0 radical (unpaired) electrons. The maximum Gasteiger partial charge on any atom is 0.0772 e. The number of likely N-dealkylation sites (tertiary alicyclic amines) is 1. The lowest BCUT2D eigenvalue weighted by Gasteiger charge is -2.36. The first-order valence-electron chi connectivity index (χ1n) is 5.26. The van der Waals surface area contributed by atoms with E-state index in [4.69, 9.17) is 0 Å². The molecule has 1 aromatic rings. The van der Waals surface area contributed by atoms with Gasteiger partial charge >= 0.3 is 0 Å². The molecule has 0 amide bonds. The van der Waals surface area contributed by atoms with Crippen molar-refractivity contribution in [2.45, 2.75) is 18.9 Å². The lowest BCUT2D eigenvalue weighted by molar-refractivity contribution is 0.130. The Labute approximate surface area is 84.0 Å². The van der Waals surface area contributed by atoms with Crippen LogP contribution in [0.2, 0.25) is 0 Å². The fraction of sp³-hybridized carbons (Fsp3) is 0.545. The fourth-order valence-corrected chi connectivity index (χ4v) is 2.23. The van der Waals surface area contributed by atoms with Gasteiger partial charge in [0.1, 0.15) is 0 Å². The molecular weight excluding hydrogens is 174 g/mol. The van der Waals surface area contributed by atoms with Crippen molar-refractivity contribution in [2.75, 3.05) is 20.1 Å². The van der Waals surface area contributed by atoms with E-state index in [2.05, 4.69) is 40.1 Å². The molecule has 0 aromatic carbocycles. The summed E-state index contributed by atoms with van der Waals surface area (Å²) in [7, 11) is 2.15. The molecule has 0 N–H and O–H groups in total. The summed E-state index contributed by atoms with van der Waals surface area (Å²) in [6.45, 7) is 2.29. The zero-order valence-corrected chi connectivity index (χ0v) is 8.48. The van der Waals surface area contributed by atoms with Crippen molar-refractivity contribution in [3.05, 3.63) is 23.5 Å². The maximum atomic E-state index is 4.65. The summed E-state index contributed by atoms with van der Waals surface area (Å²) >= 11 is 0. The van der Waals surface area contributed by atoms with E-state index in [1.165, 1.54) is 11.3 Å². The summed E-state index contributed by atoms with van der Waals surface area (Å²) in [5.74, 6) is 0. The molecule has 0 saturated carbocycles. The normalized spacial score (nSPS) is 22.1. The number of hydrogen-bond donors (Lipinski definition) is 0. The van der Waals surface area contributed by atoms with Gasteiger partial charge in [0.25, 0.3) is 0 Å². The van der Waals surface area contributed by atoms with Gasteiger partial charge in [0.15, 0.2) is 0 Å². The number of nitrogens with zero attached hydrogens (tertiary/aromatic N) is 3. The minimum absolute atomic E-state index is 0.610. The predicted octanol–water partition coefficient (Wildman–Crippen LogP) is 1.33. The van der Waals surface area contributed by atoms with Crippen molar-refractivity contribution in [1.29, 1.82) is 0 Å². The zero-order chi connectivity index (χ0) is 9.54. The first-order valence-corrected chi connectivity index (χ1v) is 5.26. The standard InChI is InChI=1S/C11H15N3/c1-13-7-10(8-13)14-6-9-4-2-3-5-11(9)12-14/h2,4,6,10H,3,5,7-8H2,1H3. The average Bonchev–Trinajstić information content (AvgIpc) is 2.55. The van der Waals surface area contributed by atoms with Gasteiger partial charge in [0.05, 0.1) is 11.7 Å². The lowest BCUT2D eigenvalue weighted by atomic mass is 10.1. The van der Waals surface area contributed by atoms with Gasteiger partial charge in [-0.3, -0.25) is 4.68 Å². The molecule has 0 spiro atoms. The van der Waals surface area contributed by atoms with Crippen LogP contribution in [0, 0.1) is 0 Å². The second-order valence-corrected chi connectivity index (χ2v) is 4.33. The number of allylic oxidation sites excluding steroid dienone is 1. The Kier molecular flexibility index (Phi) is 1.74. The van der Waals surface area contributed by atoms with Gasteiger partial charge in [-0.15, -0.1) is 0 Å². The van der Waals surface area contributed by atoms with Crippen LogP contribution in [-0.4, -0.2) is 34.8 Å². The monoisotopic (exact) mass is 189 g/mol. The van der Waals surface area contributed by atoms with Crippen LogP contribution in [0.3, 0.4) is 0 Å². The molecule has 3 rings (SSSR count). The highest BCUT2D eigenvalue weighted by Crippen LogP contribution is 2.23. The van der Waals surface area contributed by atoms with E-state index in [9.17, 15) is 0 Å². The molecule has 3 heteroatoms. The third-order valence-corrected chi connectivity index (χ3v) is 3.10. The van der Waals surface area contributed by atoms with Crippen LogP contribution < -0.4 is 0 Å². The molecular formula is C11H15N3. The lowest BCUT2D eigenvalue weighted by Crippen LogP contribution is -2.45. The molecule has 2 heterocycles. The molecule has 14 heavy (non-hydrogen) atoms. The quantitative estimate of drug-likeness (QED) is 0.664. The van der Waals surface area contributed by atoms with Gasteiger partial charge in [-0.2, -0.15) is 5.10 Å². The van der Waals surface area contributed by atoms with E-state index in [1.807, 2.05) is 0 Å². The summed E-state index contributed by atoms with van der Waals surface area (Å²) in [5, 5.41) is 4.65. The molecule has 74 valence electrons. The number of fused-ring (bicyclic) bond motifs is 1. The topological polar surface area (TPSA) is 21.1 Å². The van der Waals surface area contributed by atoms with Gasteiger partial charge in [-0.1, -0.05) is 12.2 Å². The number of rotatable bonds is 1. The van der Waals surface area contributed by atoms with Gasteiger partial charge < -0.3 is 4.90 Å². The molecule has 1 aliphatic heterocycles. The predicted molar refractivity (Wildman–Crippen MR) is 56.1 cm³/mol. The van der Waals surface area contributed by atoms with E-state index in [0.717, 1.165) is 25.9 Å². The van der Waals surface area contributed by atoms with E-state index >= 15 is 0 Å². The highest BCUT2D eigenvalue weighted by Gasteiger charge is 2.26. The average molecular weight is 189 g/mol. The van der Waals surface area contributed by atoms with Gasteiger partial charge in [0, 0.05) is 24.8 Å². The number of likely N-dealkylation sites (N-methyl/N-ethyl adjacent to an activating group) is 1. The van der Waals surface area contributed by atoms with Crippen LogP contribution in [0.1, 0.15) is 23.7 Å². The first kappa shape index (κ1) is 8.24. The smallest absolute Gasteiger partial charge is 0.0772 e. The molecule has 0 unspecified atom stereocenters. The third-order valence-electron chi connectivity index (χ3n) is 3.10. The molecule has 2 aliphatic rings. The van der Waals surface area contributed by atoms with E-state index in [-0.39, 0.29) is 0 Å². The van der Waals surface area contributed by atoms with Crippen molar-refractivity contribution in [1.82, 2.24) is 14.7 Å². The minimum Gasteiger partial charge on any atom is -0.302 e. The van der Waals surface area contributed by atoms with E-state index < -0.39 is 0 Å². The van der Waals surface area contributed by atoms with Gasteiger partial charge in [0.2, 0.25) is 0 Å². The Balaban J connectivity index is 1.86. The second-order valence-electron chi connectivity index (χ2n) is 4.33. The molecule has 0 bridgehead atoms. The summed E-state index contributed by atoms with van der Waals surface area (Å²) in [4.78, 5) is 2.32. The first-order chi connectivity index (χ1) is 6.83. The van der Waals surface area contributed by atoms with E-state index in [1.54, 1.807) is 0 Å². The maximum absolute atomic E-state index is 4.65. The third kappa shape index (κ3) is 1.20. The highest BCUT2D eigenvalue weighted by molar-refractivity contribution is 5.53. The molecule has 1 saturated heterocycles. The van der Waals surface area contributed by atoms with Crippen LogP contribution in [0.4, 0.5) is 0 Å². The van der Waals surface area contributed by atoms with Crippen molar-refractivity contribution in [3.8, 4) is 0 Å². The molecule has 0 atom stereocenters. The Hall–Kier alpha value is -1.09. The van der Waals surface area contributed by atoms with Crippen molar-refractivity contribution >= 4 is 6.08 Å². The Morgan fingerprint density at radius 1 is 1.43 bits per heavy atom. The summed E-state index contributed by atoms with van der Waals surface area (Å²) in [6, 6.07) is 0.610. The fourth-order valence-electron chi connectivity index (χ4n) is 2.23. The highest BCUT2D eigenvalue weighted by atomic mass is 15.4. The molecule has 1 aliphatic carbocycles. The second kappa shape index (κ2) is 2.95. The van der Waals surface area contributed by atoms with Gasteiger partial charge in [-0.25, -0.2) is 0 Å². The van der Waals surface area contributed by atoms with Gasteiger partial charge in [-0.05, 0) is 19.9 Å². The van der Waals surface area contributed by atoms with Crippen LogP contribution in [-0.2, 0) is 6.42 Å². The number of aryl methyl sites for hydroxylation is 1. The minimum atomic E-state index is 0.610. The molecule has 1 aromatic heterocycles. The summed E-state index contributed by atoms with van der Waals surface area (Å²) in [6.07, 6.45) is 8.89. The molecule has 3 nitrogen and oxygen atoms in total. The van der Waals surface area contributed by atoms with Crippen LogP contribution in [0.5, 0.6) is 0 Å². The Morgan fingerprint density at radius 3 is 3.00 bits per heavy atom. The zero-order valence-electron chi connectivity index (χ0n) is 8.48. The van der Waals surface area contributed by atoms with E-state index in [0.29, 0.717) is 6.04 Å². The summed E-state index contributed by atoms with van der Waals surface area (Å²) < 4.78 is 2.15. The van der Waals surface area contributed by atoms with Crippen LogP contribution >= 0.6 is 0 Å². The Morgan fingerprint density at radius 2 is 2.29 bits per heavy atom. The Bertz CT molecular complexity index is 372. The van der Waals surface area contributed by atoms with Crippen LogP contribution in [0.25, 0.3) is 6.08 Å².